The average Bonchev–Trinajstić information content (AvgIpc) is 2.64. The first-order valence-electron chi connectivity index (χ1n) is 10.2. The molecule has 31 heavy (non-hydrogen) atoms. The Balaban J connectivity index is 3.00. The highest BCUT2D eigenvalue weighted by Crippen LogP contribution is 2.10. The van der Waals surface area contributed by atoms with Gasteiger partial charge in [0, 0.05) is 6.42 Å². The molecule has 0 bridgehead atoms. The SMILES string of the molecule is CC(C)[C@@H](NC(=O)[C@@H](Cc1ccccc1)NC(=O)OC(C)(C)C)C(=O)N[C@@H](C)C(N)=O. The molecule has 0 aliphatic rings. The van der Waals surface area contributed by atoms with Crippen LogP contribution in [0.25, 0.3) is 0 Å². The second-order valence-corrected chi connectivity index (χ2v) is 8.75. The van der Waals surface area contributed by atoms with Crippen LogP contribution >= 0.6 is 0 Å². The quantitative estimate of drug-likeness (QED) is 0.463. The summed E-state index contributed by atoms with van der Waals surface area (Å²) < 4.78 is 5.27. The van der Waals surface area contributed by atoms with Crippen LogP contribution in [0.5, 0.6) is 0 Å². The van der Waals surface area contributed by atoms with Gasteiger partial charge in [-0.05, 0) is 39.2 Å². The number of rotatable bonds is 9. The fourth-order valence-electron chi connectivity index (χ4n) is 2.67. The second-order valence-electron chi connectivity index (χ2n) is 8.75. The zero-order valence-corrected chi connectivity index (χ0v) is 19.0. The van der Waals surface area contributed by atoms with Crippen LogP contribution in [0.4, 0.5) is 4.79 Å². The van der Waals surface area contributed by atoms with Crippen LogP contribution in [-0.4, -0.2) is 47.5 Å². The molecule has 0 unspecified atom stereocenters. The third-order valence-corrected chi connectivity index (χ3v) is 4.32. The zero-order valence-electron chi connectivity index (χ0n) is 19.0. The molecule has 0 radical (unpaired) electrons. The lowest BCUT2D eigenvalue weighted by atomic mass is 10.0. The predicted molar refractivity (Wildman–Crippen MR) is 117 cm³/mol. The number of nitrogens with two attached hydrogens (primary N) is 1. The predicted octanol–water partition coefficient (Wildman–Crippen LogP) is 1.25. The second kappa shape index (κ2) is 11.3. The number of ether oxygens (including phenoxy) is 1. The highest BCUT2D eigenvalue weighted by molar-refractivity contribution is 5.93. The molecule has 0 spiro atoms. The molecule has 0 saturated heterocycles. The van der Waals surface area contributed by atoms with E-state index in [1.807, 2.05) is 30.3 Å². The monoisotopic (exact) mass is 434 g/mol. The normalized spacial score (nSPS) is 14.2. The van der Waals surface area contributed by atoms with Crippen LogP contribution in [0.1, 0.15) is 47.1 Å². The Morgan fingerprint density at radius 1 is 0.935 bits per heavy atom. The van der Waals surface area contributed by atoms with Crippen molar-refractivity contribution in [2.24, 2.45) is 11.7 Å². The van der Waals surface area contributed by atoms with Crippen molar-refractivity contribution in [2.75, 3.05) is 0 Å². The Morgan fingerprint density at radius 2 is 1.52 bits per heavy atom. The molecular weight excluding hydrogens is 400 g/mol. The number of hydrogen-bond donors (Lipinski definition) is 4. The lowest BCUT2D eigenvalue weighted by molar-refractivity contribution is -0.132. The molecule has 0 aliphatic carbocycles. The Labute approximate surface area is 183 Å². The van der Waals surface area contributed by atoms with E-state index in [1.54, 1.807) is 34.6 Å². The summed E-state index contributed by atoms with van der Waals surface area (Å²) >= 11 is 0. The summed E-state index contributed by atoms with van der Waals surface area (Å²) in [5.74, 6) is -2.04. The van der Waals surface area contributed by atoms with Gasteiger partial charge in [-0.15, -0.1) is 0 Å². The largest absolute Gasteiger partial charge is 0.444 e. The van der Waals surface area contributed by atoms with E-state index in [0.717, 1.165) is 5.56 Å². The molecule has 5 N–H and O–H groups in total. The molecule has 4 amide bonds. The van der Waals surface area contributed by atoms with Crippen LogP contribution < -0.4 is 21.7 Å². The van der Waals surface area contributed by atoms with Crippen LogP contribution in [0.3, 0.4) is 0 Å². The first-order chi connectivity index (χ1) is 14.3. The Morgan fingerprint density at radius 3 is 2.00 bits per heavy atom. The van der Waals surface area contributed by atoms with Crippen LogP contribution in [0.15, 0.2) is 30.3 Å². The molecular formula is C22H34N4O5. The lowest BCUT2D eigenvalue weighted by Crippen LogP contribution is -2.58. The smallest absolute Gasteiger partial charge is 0.408 e. The Kier molecular flexibility index (Phi) is 9.48. The molecule has 9 heteroatoms. The van der Waals surface area contributed by atoms with Crippen molar-refractivity contribution in [3.05, 3.63) is 35.9 Å². The third kappa shape index (κ3) is 9.50. The summed E-state index contributed by atoms with van der Waals surface area (Å²) in [6, 6.07) is 6.38. The number of benzene rings is 1. The number of carbonyl (C=O) groups excluding carboxylic acids is 4. The molecule has 1 rings (SSSR count). The van der Waals surface area contributed by atoms with E-state index in [-0.39, 0.29) is 12.3 Å². The van der Waals surface area contributed by atoms with E-state index < -0.39 is 47.5 Å². The number of carbonyl (C=O) groups is 4. The van der Waals surface area contributed by atoms with Crippen molar-refractivity contribution in [1.29, 1.82) is 0 Å². The summed E-state index contributed by atoms with van der Waals surface area (Å²) in [4.78, 5) is 49.2. The maximum atomic E-state index is 13.0. The molecule has 3 atom stereocenters. The van der Waals surface area contributed by atoms with Crippen molar-refractivity contribution in [3.8, 4) is 0 Å². The number of alkyl carbamates (subject to hydrolysis) is 1. The summed E-state index contributed by atoms with van der Waals surface area (Å²) in [6.07, 6.45) is -0.535. The minimum Gasteiger partial charge on any atom is -0.444 e. The van der Waals surface area contributed by atoms with Crippen molar-refractivity contribution in [1.82, 2.24) is 16.0 Å². The lowest BCUT2D eigenvalue weighted by Gasteiger charge is -2.27. The van der Waals surface area contributed by atoms with Crippen molar-refractivity contribution < 1.29 is 23.9 Å². The molecule has 1 aromatic rings. The van der Waals surface area contributed by atoms with E-state index in [4.69, 9.17) is 10.5 Å². The van der Waals surface area contributed by atoms with Crippen LogP contribution in [0.2, 0.25) is 0 Å². The summed E-state index contributed by atoms with van der Waals surface area (Å²) in [7, 11) is 0. The third-order valence-electron chi connectivity index (χ3n) is 4.32. The maximum Gasteiger partial charge on any atom is 0.408 e. The van der Waals surface area contributed by atoms with E-state index >= 15 is 0 Å². The van der Waals surface area contributed by atoms with E-state index in [1.165, 1.54) is 6.92 Å². The molecule has 0 fully saturated rings. The van der Waals surface area contributed by atoms with Crippen LogP contribution in [0, 0.1) is 5.92 Å². The van der Waals surface area contributed by atoms with Crippen molar-refractivity contribution in [2.45, 2.75) is 71.7 Å². The van der Waals surface area contributed by atoms with Gasteiger partial charge in [-0.3, -0.25) is 14.4 Å². The van der Waals surface area contributed by atoms with Gasteiger partial charge in [0.15, 0.2) is 0 Å². The highest BCUT2D eigenvalue weighted by atomic mass is 16.6. The van der Waals surface area contributed by atoms with Gasteiger partial charge in [-0.1, -0.05) is 44.2 Å². The van der Waals surface area contributed by atoms with E-state index in [9.17, 15) is 19.2 Å². The number of hydrogen-bond acceptors (Lipinski definition) is 5. The Hall–Kier alpha value is -3.10. The van der Waals surface area contributed by atoms with Gasteiger partial charge >= 0.3 is 6.09 Å². The van der Waals surface area contributed by atoms with Gasteiger partial charge in [0.1, 0.15) is 23.7 Å². The number of nitrogens with one attached hydrogen (secondary N) is 3. The van der Waals surface area contributed by atoms with E-state index in [2.05, 4.69) is 16.0 Å². The van der Waals surface area contributed by atoms with Crippen molar-refractivity contribution >= 4 is 23.8 Å². The van der Waals surface area contributed by atoms with Gasteiger partial charge < -0.3 is 26.4 Å². The Bertz CT molecular complexity index is 774. The van der Waals surface area contributed by atoms with Gasteiger partial charge in [-0.25, -0.2) is 4.79 Å². The highest BCUT2D eigenvalue weighted by Gasteiger charge is 2.31. The molecule has 9 nitrogen and oxygen atoms in total. The van der Waals surface area contributed by atoms with Gasteiger partial charge in [0.2, 0.25) is 17.7 Å². The topological polar surface area (TPSA) is 140 Å². The van der Waals surface area contributed by atoms with Crippen LogP contribution in [-0.2, 0) is 25.5 Å². The summed E-state index contributed by atoms with van der Waals surface area (Å²) in [5, 5.41) is 7.75. The molecule has 0 aromatic heterocycles. The molecule has 0 heterocycles. The van der Waals surface area contributed by atoms with Gasteiger partial charge in [0.25, 0.3) is 0 Å². The fourth-order valence-corrected chi connectivity index (χ4v) is 2.67. The molecule has 1 aromatic carbocycles. The standard InChI is InChI=1S/C22H34N4O5/c1-13(2)17(20(29)24-14(3)18(23)27)26-19(28)16(12-15-10-8-7-9-11-15)25-21(30)31-22(4,5)6/h7-11,13-14,16-17H,12H2,1-6H3,(H2,23,27)(H,24,29)(H,25,30)(H,26,28)/t14-,16+,17+/m0/s1. The zero-order chi connectivity index (χ0) is 23.8. The number of primary amides is 1. The molecule has 0 aliphatic heterocycles. The van der Waals surface area contributed by atoms with Gasteiger partial charge in [-0.2, -0.15) is 0 Å². The van der Waals surface area contributed by atoms with Gasteiger partial charge in [0.05, 0.1) is 0 Å². The minimum absolute atomic E-state index is 0.204. The fraction of sp³-hybridized carbons (Fsp3) is 0.545. The van der Waals surface area contributed by atoms with E-state index in [0.29, 0.717) is 0 Å². The molecule has 0 saturated carbocycles. The number of amides is 4. The maximum absolute atomic E-state index is 13.0. The summed E-state index contributed by atoms with van der Waals surface area (Å²) in [5.41, 5.74) is 5.29. The first-order valence-corrected chi connectivity index (χ1v) is 10.2. The van der Waals surface area contributed by atoms with Crippen molar-refractivity contribution in [3.63, 3.8) is 0 Å². The minimum atomic E-state index is -0.972. The first kappa shape index (κ1) is 25.9. The average molecular weight is 435 g/mol. The molecule has 172 valence electrons. The summed E-state index contributed by atoms with van der Waals surface area (Å²) in [6.45, 7) is 10.1.